The quantitative estimate of drug-likeness (QED) is 0.0247. The van der Waals surface area contributed by atoms with Crippen molar-refractivity contribution in [3.05, 3.63) is 47.1 Å². The number of aromatic nitrogens is 3. The van der Waals surface area contributed by atoms with Gasteiger partial charge in [0.25, 0.3) is 23.8 Å². The van der Waals surface area contributed by atoms with Gasteiger partial charge < -0.3 is 42.5 Å². The van der Waals surface area contributed by atoms with Gasteiger partial charge in [-0.15, -0.1) is 20.3 Å². The van der Waals surface area contributed by atoms with Crippen LogP contribution in [-0.2, 0) is 47.0 Å². The Hall–Kier alpha value is -5.20. The van der Waals surface area contributed by atoms with Gasteiger partial charge in [0, 0.05) is 36.4 Å². The number of hydrogen-bond donors (Lipinski definition) is 7. The molecule has 0 saturated carbocycles. The van der Waals surface area contributed by atoms with E-state index in [4.69, 9.17) is 31.3 Å². The number of nitrogens with one attached hydrogen (secondary N) is 2. The summed E-state index contributed by atoms with van der Waals surface area (Å²) in [5.41, 5.74) is 16.7. The van der Waals surface area contributed by atoms with Crippen LogP contribution in [0.2, 0.25) is 0 Å². The molecule has 0 bridgehead atoms. The monoisotopic (exact) mass is 779 g/mol. The summed E-state index contributed by atoms with van der Waals surface area (Å²) in [7, 11) is -5.04. The number of ether oxygens (including phenoxy) is 1. The van der Waals surface area contributed by atoms with Crippen molar-refractivity contribution in [1.29, 1.82) is 0 Å². The van der Waals surface area contributed by atoms with Gasteiger partial charge in [0.15, 0.2) is 17.4 Å². The number of β-lactam (4-membered cyclic amide) rings is 1. The number of carbonyl (C=O) groups excluding carboxylic acids is 3. The Morgan fingerprint density at radius 1 is 1.25 bits per heavy atom. The first-order chi connectivity index (χ1) is 25.0. The Kier molecular flexibility index (Phi) is 11.6. The first-order valence-electron chi connectivity index (χ1n) is 16.1. The normalized spacial score (nSPS) is 17.8. The fraction of sp³-hybridized carbons (Fsp3) is 0.433. The highest BCUT2D eigenvalue weighted by molar-refractivity contribution is 7.80. The van der Waals surface area contributed by atoms with E-state index in [-0.39, 0.29) is 16.6 Å². The Bertz CT molecular complexity index is 2010. The first kappa shape index (κ1) is 39.0. The van der Waals surface area contributed by atoms with Crippen LogP contribution in [0.5, 0.6) is 5.75 Å². The van der Waals surface area contributed by atoms with Gasteiger partial charge in [0.2, 0.25) is 6.20 Å². The van der Waals surface area contributed by atoms with Gasteiger partial charge in [-0.2, -0.15) is 18.2 Å². The number of rotatable bonds is 18. The van der Waals surface area contributed by atoms with Gasteiger partial charge in [-0.1, -0.05) is 5.16 Å². The number of primary amides is 1. The maximum absolute atomic E-state index is 13.3. The molecule has 10 N–H and O–H groups in total. The van der Waals surface area contributed by atoms with Crippen molar-refractivity contribution in [2.45, 2.75) is 51.0 Å². The van der Waals surface area contributed by atoms with Gasteiger partial charge in [-0.05, 0) is 44.7 Å². The predicted octanol–water partition coefficient (Wildman–Crippen LogP) is -1.76. The number of hydroxylamine groups is 2. The summed E-state index contributed by atoms with van der Waals surface area (Å²) >= 11 is 0.941. The summed E-state index contributed by atoms with van der Waals surface area (Å²) in [6.07, 6.45) is 0.658. The molecule has 2 aromatic heterocycles. The second kappa shape index (κ2) is 15.8. The van der Waals surface area contributed by atoms with Crippen LogP contribution < -0.4 is 37.3 Å². The fourth-order valence-electron chi connectivity index (χ4n) is 5.55. The smallest absolute Gasteiger partial charge is 0.418 e. The van der Waals surface area contributed by atoms with E-state index in [1.807, 2.05) is 9.36 Å². The summed E-state index contributed by atoms with van der Waals surface area (Å²) in [6, 6.07) is 5.22. The number of nitrogens with zero attached hydrogens (tertiary/aromatic N) is 5. The van der Waals surface area contributed by atoms with E-state index >= 15 is 0 Å². The number of benzene rings is 1. The van der Waals surface area contributed by atoms with E-state index in [1.165, 1.54) is 19.2 Å². The molecule has 0 radical (unpaired) electrons. The molecule has 2 saturated heterocycles. The number of aliphatic carboxylic acids is 1. The maximum atomic E-state index is 13.3. The van der Waals surface area contributed by atoms with Crippen molar-refractivity contribution in [2.24, 2.45) is 22.5 Å². The molecular formula is C30H39N10O11S2+. The van der Waals surface area contributed by atoms with Gasteiger partial charge in [-0.25, -0.2) is 9.78 Å². The molecule has 53 heavy (non-hydrogen) atoms. The van der Waals surface area contributed by atoms with Crippen LogP contribution in [0.1, 0.15) is 36.3 Å². The summed E-state index contributed by atoms with van der Waals surface area (Å²) in [5, 5.41) is 20.9. The molecule has 21 nitrogen and oxygen atoms in total. The average molecular weight is 780 g/mol. The van der Waals surface area contributed by atoms with Crippen molar-refractivity contribution >= 4 is 56.3 Å². The lowest BCUT2D eigenvalue weighted by Gasteiger charge is -2.50. The van der Waals surface area contributed by atoms with E-state index in [1.54, 1.807) is 30.5 Å². The van der Waals surface area contributed by atoms with Crippen LogP contribution in [0.4, 0.5) is 5.13 Å². The van der Waals surface area contributed by atoms with Crippen molar-refractivity contribution in [3.8, 4) is 17.0 Å². The highest BCUT2D eigenvalue weighted by Gasteiger charge is 2.58. The number of oxime groups is 1. The minimum Gasteiger partial charge on any atom is -0.489 e. The SMILES string of the molecule is CC1(C)[C@H](NC(=O)/C(=N\O[C@@H](COc2ccc(-c3c(C(N)=O)c[n+](CCCN)n3CC3CNC3)cc2)C(=O)O)c2csc(N)n2)C(=O)N1OS(=O)(=O)O. The molecular weight excluding hydrogens is 741 g/mol. The van der Waals surface area contributed by atoms with Crippen molar-refractivity contribution in [2.75, 3.05) is 32.0 Å². The van der Waals surface area contributed by atoms with Crippen LogP contribution in [0.15, 0.2) is 41.0 Å². The molecule has 3 aromatic rings. The molecule has 2 aliphatic rings. The second-order valence-electron chi connectivity index (χ2n) is 12.6. The van der Waals surface area contributed by atoms with E-state index < -0.39 is 64.1 Å². The number of carbonyl (C=O) groups is 4. The molecule has 23 heteroatoms. The average Bonchev–Trinajstić information content (AvgIpc) is 3.67. The van der Waals surface area contributed by atoms with Crippen LogP contribution in [0.3, 0.4) is 0 Å². The fourth-order valence-corrected chi connectivity index (χ4v) is 6.56. The zero-order valence-corrected chi connectivity index (χ0v) is 30.1. The Balaban J connectivity index is 1.31. The van der Waals surface area contributed by atoms with Crippen LogP contribution in [0, 0.1) is 5.92 Å². The number of amides is 3. The molecule has 0 unspecified atom stereocenters. The molecule has 0 aliphatic carbocycles. The van der Waals surface area contributed by atoms with Crippen LogP contribution in [0.25, 0.3) is 11.3 Å². The zero-order chi connectivity index (χ0) is 38.7. The third kappa shape index (κ3) is 8.89. The predicted molar refractivity (Wildman–Crippen MR) is 185 cm³/mol. The number of nitrogen functional groups attached to an aromatic ring is 1. The number of aryl methyl sites for hydroxylation is 1. The molecule has 2 atom stereocenters. The lowest BCUT2D eigenvalue weighted by atomic mass is 9.84. The molecule has 3 amide bonds. The van der Waals surface area contributed by atoms with E-state index in [0.717, 1.165) is 24.4 Å². The standard InChI is InChI=1S/C30H38N10O11S2/c1-30(2)24(27(43)40(30)51-53(46,47)48)36-26(42)22(20-15-52-29(33)35-20)37-50-21(28(44)45)14-49-18-6-4-17(5-7-18)23-19(25(32)41)13-38(9-3-8-31)39(23)12-16-10-34-11-16/h4-7,13,15-16,21,24,34H,3,8-12,14,31H2,1-2H3,(H6-,32,33,35,36,41,42,44,45,46,47,48)/p+1/b37-22-/t21-,24+/m0/s1. The molecule has 5 rings (SSSR count). The van der Waals surface area contributed by atoms with E-state index in [9.17, 15) is 32.7 Å². The number of carboxylic acids is 1. The van der Waals surface area contributed by atoms with Crippen molar-refractivity contribution in [3.63, 3.8) is 0 Å². The number of nitrogens with two attached hydrogens (primary N) is 3. The second-order valence-corrected chi connectivity index (χ2v) is 14.5. The number of hydrogen-bond acceptors (Lipinski definition) is 15. The molecule has 1 aromatic carbocycles. The van der Waals surface area contributed by atoms with Gasteiger partial charge in [0.05, 0.1) is 12.1 Å². The lowest BCUT2D eigenvalue weighted by Crippen LogP contribution is -2.76. The Morgan fingerprint density at radius 3 is 2.47 bits per heavy atom. The highest BCUT2D eigenvalue weighted by atomic mass is 32.3. The largest absolute Gasteiger partial charge is 0.489 e. The van der Waals surface area contributed by atoms with Gasteiger partial charge in [0.1, 0.15) is 35.3 Å². The Morgan fingerprint density at radius 2 is 1.94 bits per heavy atom. The molecule has 2 aliphatic heterocycles. The van der Waals surface area contributed by atoms with Gasteiger partial charge in [-0.3, -0.25) is 18.9 Å². The van der Waals surface area contributed by atoms with Crippen molar-refractivity contribution < 1.29 is 55.8 Å². The lowest BCUT2D eigenvalue weighted by molar-refractivity contribution is -0.775. The summed E-state index contributed by atoms with van der Waals surface area (Å²) in [6.45, 7) is 5.48. The molecule has 0 spiro atoms. The third-order valence-corrected chi connectivity index (χ3v) is 9.44. The molecule has 286 valence electrons. The number of anilines is 1. The summed E-state index contributed by atoms with van der Waals surface area (Å²) < 4.78 is 45.2. The van der Waals surface area contributed by atoms with Crippen LogP contribution in [-0.4, -0.2) is 106 Å². The zero-order valence-electron chi connectivity index (χ0n) is 28.5. The van der Waals surface area contributed by atoms with Crippen molar-refractivity contribution in [1.82, 2.24) is 25.4 Å². The summed E-state index contributed by atoms with van der Waals surface area (Å²) in [4.78, 5) is 59.7. The first-order valence-corrected chi connectivity index (χ1v) is 18.3. The van der Waals surface area contributed by atoms with E-state index in [0.29, 0.717) is 53.9 Å². The minimum atomic E-state index is -5.04. The minimum absolute atomic E-state index is 0.0375. The Labute approximate surface area is 306 Å². The molecule has 4 heterocycles. The third-order valence-electron chi connectivity index (χ3n) is 8.43. The summed E-state index contributed by atoms with van der Waals surface area (Å²) in [5.74, 6) is -3.55. The number of thiazole rings is 1. The highest BCUT2D eigenvalue weighted by Crippen LogP contribution is 2.33. The van der Waals surface area contributed by atoms with Gasteiger partial charge >= 0.3 is 16.4 Å². The number of carboxylic acid groups (broad SMARTS) is 1. The van der Waals surface area contributed by atoms with E-state index in [2.05, 4.69) is 25.1 Å². The van der Waals surface area contributed by atoms with Crippen LogP contribution >= 0.6 is 11.3 Å². The topological polar surface area (TPSA) is 310 Å². The maximum Gasteiger partial charge on any atom is 0.418 e. The molecule has 2 fully saturated rings.